The van der Waals surface area contributed by atoms with Crippen molar-refractivity contribution in [2.75, 3.05) is 12.4 Å². The molecule has 110 valence electrons. The number of amides is 1. The third-order valence-electron chi connectivity index (χ3n) is 2.78. The Morgan fingerprint density at radius 1 is 1.29 bits per heavy atom. The predicted molar refractivity (Wildman–Crippen MR) is 77.8 cm³/mol. The van der Waals surface area contributed by atoms with Crippen LogP contribution in [0.1, 0.15) is 26.7 Å². The van der Waals surface area contributed by atoms with Gasteiger partial charge in [0.15, 0.2) is 0 Å². The Hall–Kier alpha value is -2.47. The van der Waals surface area contributed by atoms with Crippen LogP contribution in [-0.2, 0) is 6.54 Å². The lowest BCUT2D eigenvalue weighted by Crippen LogP contribution is -2.17. The van der Waals surface area contributed by atoms with E-state index in [-0.39, 0.29) is 18.2 Å². The molecule has 0 unspecified atom stereocenters. The molecule has 7 heteroatoms. The second-order valence-corrected chi connectivity index (χ2v) is 4.61. The summed E-state index contributed by atoms with van der Waals surface area (Å²) in [6, 6.07) is 7.78. The fourth-order valence-electron chi connectivity index (χ4n) is 1.72. The van der Waals surface area contributed by atoms with E-state index in [9.17, 15) is 9.59 Å². The van der Waals surface area contributed by atoms with E-state index in [0.717, 1.165) is 0 Å². The second kappa shape index (κ2) is 6.32. The summed E-state index contributed by atoms with van der Waals surface area (Å²) in [6.45, 7) is 0.254. The maximum atomic E-state index is 11.6. The van der Waals surface area contributed by atoms with Crippen molar-refractivity contribution in [2.45, 2.75) is 6.54 Å². The highest BCUT2D eigenvalue weighted by Gasteiger charge is 2.10. The van der Waals surface area contributed by atoms with Crippen molar-refractivity contribution >= 4 is 29.2 Å². The van der Waals surface area contributed by atoms with Gasteiger partial charge in [0, 0.05) is 12.6 Å². The zero-order chi connectivity index (χ0) is 15.4. The van der Waals surface area contributed by atoms with Crippen molar-refractivity contribution in [3.05, 3.63) is 52.4 Å². The summed E-state index contributed by atoms with van der Waals surface area (Å²) < 4.78 is 5.12. The average molecular weight is 309 g/mol. The van der Waals surface area contributed by atoms with E-state index in [1.165, 1.54) is 6.07 Å². The van der Waals surface area contributed by atoms with Crippen LogP contribution in [0.2, 0.25) is 5.02 Å². The lowest BCUT2D eigenvalue weighted by atomic mass is 10.2. The molecule has 2 rings (SSSR count). The molecular formula is C14H13ClN2O4. The molecule has 6 nitrogen and oxygen atoms in total. The highest BCUT2D eigenvalue weighted by Crippen LogP contribution is 2.24. The number of halogens is 1. The lowest BCUT2D eigenvalue weighted by Gasteiger charge is -2.09. The number of carboxylic acid groups (broad SMARTS) is 1. The highest BCUT2D eigenvalue weighted by molar-refractivity contribution is 6.33. The van der Waals surface area contributed by atoms with E-state index in [1.54, 1.807) is 31.3 Å². The smallest absolute Gasteiger partial charge is 0.371 e. The van der Waals surface area contributed by atoms with Gasteiger partial charge in [-0.2, -0.15) is 0 Å². The predicted octanol–water partition coefficient (Wildman–Crippen LogP) is 2.60. The van der Waals surface area contributed by atoms with Gasteiger partial charge in [0.1, 0.15) is 5.76 Å². The van der Waals surface area contributed by atoms with Crippen LogP contribution in [0.15, 0.2) is 34.7 Å². The number of carbonyl (C=O) groups excluding carboxylic acids is 1. The number of carboxylic acids is 1. The fraction of sp³-hybridized carbons (Fsp3) is 0.143. The molecule has 21 heavy (non-hydrogen) atoms. The minimum absolute atomic E-state index is 0.128. The molecule has 0 bridgehead atoms. The number of furan rings is 1. The van der Waals surface area contributed by atoms with E-state index in [2.05, 4.69) is 10.6 Å². The number of rotatable bonds is 5. The van der Waals surface area contributed by atoms with Crippen LogP contribution < -0.4 is 10.6 Å². The minimum Gasteiger partial charge on any atom is -0.475 e. The number of nitrogens with one attached hydrogen (secondary N) is 2. The van der Waals surface area contributed by atoms with Crippen molar-refractivity contribution < 1.29 is 19.1 Å². The Morgan fingerprint density at radius 3 is 2.67 bits per heavy atom. The van der Waals surface area contributed by atoms with Crippen molar-refractivity contribution in [2.24, 2.45) is 0 Å². The van der Waals surface area contributed by atoms with Gasteiger partial charge in [0.25, 0.3) is 5.91 Å². The van der Waals surface area contributed by atoms with Gasteiger partial charge in [-0.3, -0.25) is 4.79 Å². The van der Waals surface area contributed by atoms with Gasteiger partial charge >= 0.3 is 5.97 Å². The van der Waals surface area contributed by atoms with E-state index < -0.39 is 5.97 Å². The van der Waals surface area contributed by atoms with Crippen LogP contribution in [0.3, 0.4) is 0 Å². The number of hydrogen-bond acceptors (Lipinski definition) is 4. The molecule has 1 heterocycles. The lowest BCUT2D eigenvalue weighted by molar-refractivity contribution is 0.0660. The number of anilines is 1. The zero-order valence-corrected chi connectivity index (χ0v) is 11.9. The summed E-state index contributed by atoms with van der Waals surface area (Å²) in [7, 11) is 1.54. The first kappa shape index (κ1) is 14.9. The van der Waals surface area contributed by atoms with Gasteiger partial charge in [0.05, 0.1) is 17.3 Å². The van der Waals surface area contributed by atoms with E-state index in [1.807, 2.05) is 0 Å². The largest absolute Gasteiger partial charge is 0.475 e. The third-order valence-corrected chi connectivity index (χ3v) is 3.11. The maximum Gasteiger partial charge on any atom is 0.371 e. The van der Waals surface area contributed by atoms with Gasteiger partial charge in [-0.15, -0.1) is 0 Å². The monoisotopic (exact) mass is 308 g/mol. The molecule has 1 aromatic heterocycles. The molecule has 0 fully saturated rings. The first-order valence-corrected chi connectivity index (χ1v) is 6.46. The fourth-order valence-corrected chi connectivity index (χ4v) is 1.90. The van der Waals surface area contributed by atoms with Crippen LogP contribution in [0.4, 0.5) is 5.69 Å². The van der Waals surface area contributed by atoms with Crippen LogP contribution in [0, 0.1) is 0 Å². The number of benzene rings is 1. The molecule has 0 spiro atoms. The summed E-state index contributed by atoms with van der Waals surface area (Å²) in [5.74, 6) is -1.02. The standard InChI is InChI=1S/C14H13ClN2O4/c1-16-13(18)8-2-4-10(15)11(6-8)17-7-9-3-5-12(21-9)14(19)20/h2-6,17H,7H2,1H3,(H,16,18)(H,19,20). The number of carbonyl (C=O) groups is 2. The topological polar surface area (TPSA) is 91.6 Å². The van der Waals surface area contributed by atoms with Gasteiger partial charge < -0.3 is 20.2 Å². The molecule has 0 atom stereocenters. The second-order valence-electron chi connectivity index (χ2n) is 4.20. The number of aromatic carboxylic acids is 1. The van der Waals surface area contributed by atoms with Gasteiger partial charge in [-0.05, 0) is 30.3 Å². The Kier molecular flexibility index (Phi) is 4.49. The molecule has 0 radical (unpaired) electrons. The number of hydrogen-bond donors (Lipinski definition) is 3. The third kappa shape index (κ3) is 3.55. The minimum atomic E-state index is -1.12. The molecule has 1 aromatic carbocycles. The average Bonchev–Trinajstić information content (AvgIpc) is 2.94. The molecule has 0 saturated heterocycles. The summed E-state index contributed by atoms with van der Waals surface area (Å²) in [4.78, 5) is 22.3. The molecular weight excluding hydrogens is 296 g/mol. The van der Waals surface area contributed by atoms with Gasteiger partial charge in [-0.1, -0.05) is 11.6 Å². The Morgan fingerprint density at radius 2 is 2.05 bits per heavy atom. The van der Waals surface area contributed by atoms with E-state index >= 15 is 0 Å². The Bertz CT molecular complexity index is 681. The molecule has 2 aromatic rings. The molecule has 0 saturated carbocycles. The molecule has 0 aliphatic heterocycles. The first-order chi connectivity index (χ1) is 10.0. The quantitative estimate of drug-likeness (QED) is 0.789. The van der Waals surface area contributed by atoms with E-state index in [0.29, 0.717) is 22.0 Å². The van der Waals surface area contributed by atoms with Gasteiger partial charge in [-0.25, -0.2) is 4.79 Å². The summed E-state index contributed by atoms with van der Waals surface area (Å²) in [5.41, 5.74) is 1.03. The molecule has 3 N–H and O–H groups in total. The van der Waals surface area contributed by atoms with Crippen LogP contribution in [0.5, 0.6) is 0 Å². The zero-order valence-electron chi connectivity index (χ0n) is 11.1. The summed E-state index contributed by atoms with van der Waals surface area (Å²) in [6.07, 6.45) is 0. The summed E-state index contributed by atoms with van der Waals surface area (Å²) >= 11 is 6.05. The van der Waals surface area contributed by atoms with Crippen LogP contribution in [0.25, 0.3) is 0 Å². The molecule has 0 aliphatic rings. The first-order valence-electron chi connectivity index (χ1n) is 6.08. The van der Waals surface area contributed by atoms with Crippen molar-refractivity contribution in [1.29, 1.82) is 0 Å². The van der Waals surface area contributed by atoms with Gasteiger partial charge in [0.2, 0.25) is 5.76 Å². The van der Waals surface area contributed by atoms with Crippen LogP contribution >= 0.6 is 11.6 Å². The molecule has 0 aliphatic carbocycles. The molecule has 1 amide bonds. The van der Waals surface area contributed by atoms with Crippen molar-refractivity contribution in [3.63, 3.8) is 0 Å². The Labute approximate surface area is 125 Å². The van der Waals surface area contributed by atoms with Crippen molar-refractivity contribution in [3.8, 4) is 0 Å². The normalized spacial score (nSPS) is 10.2. The summed E-state index contributed by atoms with van der Waals surface area (Å²) in [5, 5.41) is 14.8. The van der Waals surface area contributed by atoms with E-state index in [4.69, 9.17) is 21.1 Å². The maximum absolute atomic E-state index is 11.6. The Balaban J connectivity index is 2.11. The van der Waals surface area contributed by atoms with Crippen molar-refractivity contribution in [1.82, 2.24) is 5.32 Å². The SMILES string of the molecule is CNC(=O)c1ccc(Cl)c(NCc2ccc(C(=O)O)o2)c1. The van der Waals surface area contributed by atoms with Crippen LogP contribution in [-0.4, -0.2) is 24.0 Å². The highest BCUT2D eigenvalue weighted by atomic mass is 35.5.